The summed E-state index contributed by atoms with van der Waals surface area (Å²) in [5, 5.41) is 8.67. The molecule has 0 aromatic carbocycles. The second-order valence-electron chi connectivity index (χ2n) is 4.30. The lowest BCUT2D eigenvalue weighted by molar-refractivity contribution is 0.0940. The van der Waals surface area contributed by atoms with Crippen LogP contribution in [-0.4, -0.2) is 22.6 Å². The smallest absolute Gasteiger partial charge is 0.271 e. The third kappa shape index (κ3) is 2.43. The highest BCUT2D eigenvalue weighted by Gasteiger charge is 2.37. The van der Waals surface area contributed by atoms with Crippen molar-refractivity contribution in [2.75, 3.05) is 6.54 Å². The van der Waals surface area contributed by atoms with Crippen LogP contribution in [0.25, 0.3) is 0 Å². The van der Waals surface area contributed by atoms with Crippen molar-refractivity contribution in [3.05, 3.63) is 28.2 Å². The van der Waals surface area contributed by atoms with Crippen molar-refractivity contribution in [1.82, 2.24) is 15.5 Å². The number of nitrogens with one attached hydrogen (secondary N) is 2. The summed E-state index contributed by atoms with van der Waals surface area (Å²) in [6, 6.07) is 2.71. The minimum absolute atomic E-state index is 0.237. The van der Waals surface area contributed by atoms with Gasteiger partial charge in [0.05, 0.1) is 0 Å². The van der Waals surface area contributed by atoms with Crippen LogP contribution in [0.2, 0.25) is 0 Å². The van der Waals surface area contributed by atoms with E-state index in [0.29, 0.717) is 6.54 Å². The first kappa shape index (κ1) is 9.89. The molecular weight excluding hydrogens is 194 g/mol. The Hall–Kier alpha value is -1.65. The molecule has 15 heavy (non-hydrogen) atoms. The first-order valence-electron chi connectivity index (χ1n) is 4.93. The van der Waals surface area contributed by atoms with Crippen molar-refractivity contribution in [1.29, 1.82) is 0 Å². The number of hydrogen-bond donors (Lipinski definition) is 2. The van der Waals surface area contributed by atoms with Gasteiger partial charge in [-0.3, -0.25) is 9.59 Å². The maximum atomic E-state index is 11.5. The Labute approximate surface area is 86.9 Å². The van der Waals surface area contributed by atoms with Crippen LogP contribution in [0.15, 0.2) is 16.9 Å². The summed E-state index contributed by atoms with van der Waals surface area (Å²) in [6.07, 6.45) is 2.32. The lowest BCUT2D eigenvalue weighted by atomic mass is 10.1. The number of hydrogen-bond acceptors (Lipinski definition) is 3. The quantitative estimate of drug-likeness (QED) is 0.748. The van der Waals surface area contributed by atoms with Gasteiger partial charge in [0.1, 0.15) is 5.69 Å². The summed E-state index contributed by atoms with van der Waals surface area (Å²) in [5.74, 6) is -0.237. The van der Waals surface area contributed by atoms with Gasteiger partial charge in [-0.15, -0.1) is 0 Å². The van der Waals surface area contributed by atoms with Crippen LogP contribution in [0, 0.1) is 5.41 Å². The predicted octanol–water partition coefficient (Wildman–Crippen LogP) is 0.300. The summed E-state index contributed by atoms with van der Waals surface area (Å²) in [4.78, 5) is 22.3. The lowest BCUT2D eigenvalue weighted by Crippen LogP contribution is -2.30. The highest BCUT2D eigenvalue weighted by molar-refractivity contribution is 5.91. The van der Waals surface area contributed by atoms with Crippen LogP contribution in [-0.2, 0) is 0 Å². The van der Waals surface area contributed by atoms with Crippen LogP contribution in [0.4, 0.5) is 0 Å². The molecule has 80 valence electrons. The summed E-state index contributed by atoms with van der Waals surface area (Å²) < 4.78 is 0. The molecule has 2 rings (SSSR count). The van der Waals surface area contributed by atoms with Crippen molar-refractivity contribution in [3.63, 3.8) is 0 Å². The minimum atomic E-state index is -0.305. The molecule has 1 heterocycles. The highest BCUT2D eigenvalue weighted by atomic mass is 16.2. The molecule has 0 spiro atoms. The van der Waals surface area contributed by atoms with Crippen LogP contribution in [0.1, 0.15) is 30.3 Å². The number of rotatable bonds is 3. The predicted molar refractivity (Wildman–Crippen MR) is 54.5 cm³/mol. The summed E-state index contributed by atoms with van der Waals surface area (Å²) in [5.41, 5.74) is 0.220. The zero-order valence-electron chi connectivity index (χ0n) is 8.54. The third-order valence-corrected chi connectivity index (χ3v) is 2.69. The first-order valence-corrected chi connectivity index (χ1v) is 4.93. The average molecular weight is 207 g/mol. The van der Waals surface area contributed by atoms with E-state index in [1.165, 1.54) is 12.1 Å². The minimum Gasteiger partial charge on any atom is -0.350 e. The molecule has 1 amide bonds. The van der Waals surface area contributed by atoms with Gasteiger partial charge in [-0.25, -0.2) is 5.10 Å². The Balaban J connectivity index is 1.95. The van der Waals surface area contributed by atoms with E-state index in [0.717, 1.165) is 12.8 Å². The largest absolute Gasteiger partial charge is 0.350 e. The van der Waals surface area contributed by atoms with Crippen LogP contribution in [0.3, 0.4) is 0 Å². The zero-order valence-corrected chi connectivity index (χ0v) is 8.54. The SMILES string of the molecule is CC1(CNC(=O)c2ccc(=O)[nH]n2)CC1. The van der Waals surface area contributed by atoms with E-state index >= 15 is 0 Å². The summed E-state index contributed by atoms with van der Waals surface area (Å²) in [7, 11) is 0. The second kappa shape index (κ2) is 3.49. The summed E-state index contributed by atoms with van der Waals surface area (Å²) in [6.45, 7) is 2.81. The average Bonchev–Trinajstić information content (AvgIpc) is 2.95. The Morgan fingerprint density at radius 2 is 2.33 bits per heavy atom. The zero-order chi connectivity index (χ0) is 10.9. The molecule has 0 unspecified atom stereocenters. The van der Waals surface area contributed by atoms with Crippen LogP contribution in [0.5, 0.6) is 0 Å². The topological polar surface area (TPSA) is 74.8 Å². The fraction of sp³-hybridized carbons (Fsp3) is 0.500. The Kier molecular flexibility index (Phi) is 2.30. The number of carbonyl (C=O) groups excluding carboxylic acids is 1. The molecule has 0 aliphatic heterocycles. The normalized spacial score (nSPS) is 17.1. The molecule has 1 aromatic heterocycles. The molecule has 1 aromatic rings. The molecule has 5 heteroatoms. The van der Waals surface area contributed by atoms with E-state index in [1.807, 2.05) is 0 Å². The van der Waals surface area contributed by atoms with Crippen LogP contribution < -0.4 is 10.9 Å². The maximum Gasteiger partial charge on any atom is 0.271 e. The number of carbonyl (C=O) groups is 1. The van der Waals surface area contributed by atoms with Gasteiger partial charge in [0.25, 0.3) is 11.5 Å². The molecule has 2 N–H and O–H groups in total. The van der Waals surface area contributed by atoms with E-state index in [2.05, 4.69) is 22.4 Å². The van der Waals surface area contributed by atoms with E-state index in [9.17, 15) is 9.59 Å². The van der Waals surface area contributed by atoms with Gasteiger partial charge in [0.2, 0.25) is 0 Å². The third-order valence-electron chi connectivity index (χ3n) is 2.69. The standard InChI is InChI=1S/C10H13N3O2/c1-10(4-5-10)6-11-9(15)7-2-3-8(14)13-12-7/h2-3H,4-6H2,1H3,(H,11,15)(H,13,14). The molecule has 1 aliphatic rings. The number of amides is 1. The number of H-pyrrole nitrogens is 1. The molecule has 0 atom stereocenters. The van der Waals surface area contributed by atoms with Crippen molar-refractivity contribution < 1.29 is 4.79 Å². The second-order valence-corrected chi connectivity index (χ2v) is 4.30. The van der Waals surface area contributed by atoms with E-state index < -0.39 is 0 Å². The fourth-order valence-corrected chi connectivity index (χ4v) is 1.25. The van der Waals surface area contributed by atoms with Crippen molar-refractivity contribution in [2.24, 2.45) is 5.41 Å². The Morgan fingerprint density at radius 1 is 1.60 bits per heavy atom. The molecule has 0 saturated heterocycles. The van der Waals surface area contributed by atoms with E-state index in [-0.39, 0.29) is 22.6 Å². The highest BCUT2D eigenvalue weighted by Crippen LogP contribution is 2.43. The first-order chi connectivity index (χ1) is 7.09. The lowest BCUT2D eigenvalue weighted by Gasteiger charge is -2.08. The number of aromatic nitrogens is 2. The fourth-order valence-electron chi connectivity index (χ4n) is 1.25. The van der Waals surface area contributed by atoms with Gasteiger partial charge >= 0.3 is 0 Å². The molecule has 1 fully saturated rings. The van der Waals surface area contributed by atoms with Crippen molar-refractivity contribution in [2.45, 2.75) is 19.8 Å². The maximum absolute atomic E-state index is 11.5. The van der Waals surface area contributed by atoms with Crippen molar-refractivity contribution >= 4 is 5.91 Å². The monoisotopic (exact) mass is 207 g/mol. The molecule has 5 nitrogen and oxygen atoms in total. The van der Waals surface area contributed by atoms with Gasteiger partial charge in [-0.1, -0.05) is 6.92 Å². The van der Waals surface area contributed by atoms with E-state index in [4.69, 9.17) is 0 Å². The van der Waals surface area contributed by atoms with Gasteiger partial charge < -0.3 is 5.32 Å². The number of aromatic amines is 1. The number of nitrogens with zero attached hydrogens (tertiary/aromatic N) is 1. The molecule has 1 saturated carbocycles. The van der Waals surface area contributed by atoms with Gasteiger partial charge in [0.15, 0.2) is 0 Å². The Bertz CT molecular complexity index is 414. The Morgan fingerprint density at radius 3 is 2.87 bits per heavy atom. The molecular formula is C10H13N3O2. The molecule has 0 bridgehead atoms. The van der Waals surface area contributed by atoms with Crippen molar-refractivity contribution in [3.8, 4) is 0 Å². The summed E-state index contributed by atoms with van der Waals surface area (Å²) >= 11 is 0. The molecule has 0 radical (unpaired) electrons. The van der Waals surface area contributed by atoms with Gasteiger partial charge in [-0.2, -0.15) is 5.10 Å². The van der Waals surface area contributed by atoms with E-state index in [1.54, 1.807) is 0 Å². The molecule has 1 aliphatic carbocycles. The van der Waals surface area contributed by atoms with Gasteiger partial charge in [0, 0.05) is 12.6 Å². The van der Waals surface area contributed by atoms with Gasteiger partial charge in [-0.05, 0) is 24.3 Å². The van der Waals surface area contributed by atoms with Crippen LogP contribution >= 0.6 is 0 Å².